The molecular weight excluding hydrogens is 697 g/mol. The fourth-order valence-electron chi connectivity index (χ4n) is 6.78. The Morgan fingerprint density at radius 3 is 2.06 bits per heavy atom. The van der Waals surface area contributed by atoms with Gasteiger partial charge in [0.2, 0.25) is 0 Å². The van der Waals surface area contributed by atoms with E-state index in [1.165, 1.54) is 0 Å². The standard InChI is InChI=1S/C42H56N6O5Si/c1-41(2,3)52-39(49)47-22-10-12-35(47)37-43-32-21-18-30(26-33(32)44-37)15-14-29-16-19-31(20-17-29)34-27-46(28-51-24-25-54(7,8)9)38(45-34)36-13-11-23-48(36)40(50)53-42(4,5)6/h16-21,26-27,35-36H,10-13,22-25,28H2,1-9H3,(H,43,44)/t35-,36-/m0/s1. The van der Waals surface area contributed by atoms with Crippen LogP contribution in [-0.4, -0.2) is 80.5 Å². The van der Waals surface area contributed by atoms with Gasteiger partial charge in [0, 0.05) is 50.7 Å². The Balaban J connectivity index is 1.18. The number of H-pyrrole nitrogens is 1. The quantitative estimate of drug-likeness (QED) is 0.108. The van der Waals surface area contributed by atoms with Gasteiger partial charge < -0.3 is 23.8 Å². The normalized spacial score (nSPS) is 17.9. The number of hydrogen-bond donors (Lipinski definition) is 1. The van der Waals surface area contributed by atoms with Gasteiger partial charge in [-0.15, -0.1) is 0 Å². The van der Waals surface area contributed by atoms with Gasteiger partial charge >= 0.3 is 12.2 Å². The first-order chi connectivity index (χ1) is 25.4. The van der Waals surface area contributed by atoms with Crippen LogP contribution in [0.15, 0.2) is 48.7 Å². The van der Waals surface area contributed by atoms with Crippen LogP contribution in [0.5, 0.6) is 0 Å². The Morgan fingerprint density at radius 2 is 1.43 bits per heavy atom. The average Bonchev–Trinajstić information content (AvgIpc) is 3.89. The first-order valence-electron chi connectivity index (χ1n) is 19.2. The van der Waals surface area contributed by atoms with Crippen molar-refractivity contribution in [2.75, 3.05) is 19.7 Å². The molecule has 1 N–H and O–H groups in total. The number of likely N-dealkylation sites (tertiary alicyclic amines) is 2. The van der Waals surface area contributed by atoms with Crippen molar-refractivity contribution in [1.29, 1.82) is 0 Å². The SMILES string of the molecule is CC(C)(C)OC(=O)N1CCC[C@H]1c1nc2ccc(C#Cc3ccc(-c4cn(COCC[Si](C)(C)C)c([C@@H]5CCCN5C(=O)OC(C)(C)C)n4)cc3)cc2[nH]1. The minimum Gasteiger partial charge on any atom is -0.444 e. The second-order valence-corrected chi connectivity index (χ2v) is 23.3. The monoisotopic (exact) mass is 752 g/mol. The first-order valence-corrected chi connectivity index (χ1v) is 22.9. The van der Waals surface area contributed by atoms with Crippen LogP contribution in [0.1, 0.15) is 102 Å². The number of fused-ring (bicyclic) bond motifs is 1. The molecule has 54 heavy (non-hydrogen) atoms. The molecule has 11 nitrogen and oxygen atoms in total. The highest BCUT2D eigenvalue weighted by Crippen LogP contribution is 2.35. The van der Waals surface area contributed by atoms with Crippen molar-refractivity contribution in [3.05, 3.63) is 71.4 Å². The van der Waals surface area contributed by atoms with E-state index in [0.29, 0.717) is 26.4 Å². The molecule has 2 aromatic carbocycles. The summed E-state index contributed by atoms with van der Waals surface area (Å²) in [5.74, 6) is 8.18. The summed E-state index contributed by atoms with van der Waals surface area (Å²) in [6, 6.07) is 14.8. The molecule has 4 aromatic rings. The largest absolute Gasteiger partial charge is 0.444 e. The molecule has 4 heterocycles. The molecule has 2 atom stereocenters. The molecular formula is C42H56N6O5Si. The van der Waals surface area contributed by atoms with Crippen LogP contribution in [0, 0.1) is 11.8 Å². The first kappa shape index (κ1) is 39.1. The van der Waals surface area contributed by atoms with Crippen molar-refractivity contribution in [3.63, 3.8) is 0 Å². The number of aromatic amines is 1. The molecule has 2 aromatic heterocycles. The van der Waals surface area contributed by atoms with E-state index < -0.39 is 19.3 Å². The number of rotatable bonds is 8. The van der Waals surface area contributed by atoms with E-state index in [-0.39, 0.29) is 24.3 Å². The summed E-state index contributed by atoms with van der Waals surface area (Å²) >= 11 is 0. The molecule has 12 heteroatoms. The summed E-state index contributed by atoms with van der Waals surface area (Å²) < 4.78 is 19.6. The zero-order valence-corrected chi connectivity index (χ0v) is 34.4. The highest BCUT2D eigenvalue weighted by molar-refractivity contribution is 6.76. The van der Waals surface area contributed by atoms with Crippen LogP contribution in [0.3, 0.4) is 0 Å². The molecule has 2 aliphatic heterocycles. The topological polar surface area (TPSA) is 115 Å². The Hall–Kier alpha value is -4.60. The summed E-state index contributed by atoms with van der Waals surface area (Å²) in [5, 5.41) is 0. The number of imidazole rings is 2. The van der Waals surface area contributed by atoms with E-state index in [0.717, 1.165) is 76.8 Å². The van der Waals surface area contributed by atoms with Crippen molar-refractivity contribution in [3.8, 4) is 23.1 Å². The fraction of sp³-hybridized carbons (Fsp3) is 0.524. The van der Waals surface area contributed by atoms with Gasteiger partial charge in [-0.2, -0.15) is 0 Å². The number of ether oxygens (including phenoxy) is 3. The van der Waals surface area contributed by atoms with Gasteiger partial charge in [0.15, 0.2) is 0 Å². The predicted octanol–water partition coefficient (Wildman–Crippen LogP) is 9.28. The highest BCUT2D eigenvalue weighted by atomic mass is 28.3. The second kappa shape index (κ2) is 15.6. The summed E-state index contributed by atoms with van der Waals surface area (Å²) in [6.45, 7) is 20.7. The average molecular weight is 753 g/mol. The van der Waals surface area contributed by atoms with E-state index in [9.17, 15) is 9.59 Å². The van der Waals surface area contributed by atoms with Gasteiger partial charge in [-0.05, 0) is 104 Å². The lowest BCUT2D eigenvalue weighted by molar-refractivity contribution is 0.0199. The number of amides is 2. The lowest BCUT2D eigenvalue weighted by Gasteiger charge is -2.28. The second-order valence-electron chi connectivity index (χ2n) is 17.6. The summed E-state index contributed by atoms with van der Waals surface area (Å²) in [6.07, 6.45) is 4.85. The van der Waals surface area contributed by atoms with E-state index in [1.54, 1.807) is 4.90 Å². The van der Waals surface area contributed by atoms with Gasteiger partial charge in [-0.1, -0.05) is 43.6 Å². The van der Waals surface area contributed by atoms with Crippen molar-refractivity contribution < 1.29 is 23.8 Å². The van der Waals surface area contributed by atoms with Gasteiger partial charge in [0.05, 0.1) is 28.8 Å². The number of nitrogens with zero attached hydrogens (tertiary/aromatic N) is 5. The van der Waals surface area contributed by atoms with E-state index in [1.807, 2.05) is 95.1 Å². The number of hydrogen-bond acceptors (Lipinski definition) is 7. The minimum atomic E-state index is -1.24. The number of nitrogens with one attached hydrogen (secondary N) is 1. The molecule has 0 saturated carbocycles. The van der Waals surface area contributed by atoms with Crippen molar-refractivity contribution >= 4 is 31.3 Å². The zero-order valence-electron chi connectivity index (χ0n) is 33.4. The van der Waals surface area contributed by atoms with E-state index in [4.69, 9.17) is 24.2 Å². The van der Waals surface area contributed by atoms with Crippen LogP contribution >= 0.6 is 0 Å². The van der Waals surface area contributed by atoms with Crippen molar-refractivity contribution in [2.45, 2.75) is 123 Å². The van der Waals surface area contributed by atoms with Gasteiger partial charge in [-0.3, -0.25) is 9.80 Å². The van der Waals surface area contributed by atoms with Crippen LogP contribution in [-0.2, 0) is 20.9 Å². The number of benzene rings is 2. The Bertz CT molecular complexity index is 2020. The van der Waals surface area contributed by atoms with Crippen LogP contribution in [0.2, 0.25) is 25.7 Å². The molecule has 0 radical (unpaired) electrons. The molecule has 0 unspecified atom stereocenters. The molecule has 6 rings (SSSR count). The maximum absolute atomic E-state index is 13.2. The predicted molar refractivity (Wildman–Crippen MR) is 214 cm³/mol. The fourth-order valence-corrected chi connectivity index (χ4v) is 7.53. The lowest BCUT2D eigenvalue weighted by Crippen LogP contribution is -2.37. The third-order valence-electron chi connectivity index (χ3n) is 9.44. The van der Waals surface area contributed by atoms with Crippen LogP contribution in [0.25, 0.3) is 22.3 Å². The Morgan fingerprint density at radius 1 is 0.833 bits per heavy atom. The third kappa shape index (κ3) is 9.92. The number of carbonyl (C=O) groups excluding carboxylic acids is 2. The molecule has 0 bridgehead atoms. The number of aromatic nitrogens is 4. The van der Waals surface area contributed by atoms with Crippen LogP contribution < -0.4 is 0 Å². The van der Waals surface area contributed by atoms with E-state index >= 15 is 0 Å². The minimum absolute atomic E-state index is 0.146. The number of carbonyl (C=O) groups is 2. The molecule has 2 fully saturated rings. The smallest absolute Gasteiger partial charge is 0.410 e. The Labute approximate surface area is 320 Å². The van der Waals surface area contributed by atoms with Gasteiger partial charge in [0.25, 0.3) is 0 Å². The molecule has 0 aliphatic carbocycles. The van der Waals surface area contributed by atoms with Gasteiger partial charge in [-0.25, -0.2) is 19.6 Å². The summed E-state index contributed by atoms with van der Waals surface area (Å²) in [5.41, 5.74) is 4.11. The maximum Gasteiger partial charge on any atom is 0.410 e. The summed E-state index contributed by atoms with van der Waals surface area (Å²) in [4.78, 5) is 43.0. The van der Waals surface area contributed by atoms with Crippen molar-refractivity contribution in [2.24, 2.45) is 0 Å². The van der Waals surface area contributed by atoms with Gasteiger partial charge in [0.1, 0.15) is 29.6 Å². The van der Waals surface area contributed by atoms with Crippen molar-refractivity contribution in [1.82, 2.24) is 29.3 Å². The molecule has 2 amide bonds. The van der Waals surface area contributed by atoms with E-state index in [2.05, 4.69) is 41.0 Å². The zero-order chi connectivity index (χ0) is 38.8. The van der Waals surface area contributed by atoms with Crippen LogP contribution in [0.4, 0.5) is 9.59 Å². The molecule has 0 spiro atoms. The molecule has 288 valence electrons. The molecule has 2 aliphatic rings. The summed E-state index contributed by atoms with van der Waals surface area (Å²) in [7, 11) is -1.24. The maximum atomic E-state index is 13.2. The highest BCUT2D eigenvalue weighted by Gasteiger charge is 2.37. The Kier molecular flexibility index (Phi) is 11.3. The lowest BCUT2D eigenvalue weighted by atomic mass is 10.1. The molecule has 2 saturated heterocycles. The third-order valence-corrected chi connectivity index (χ3v) is 11.1.